The zero-order valence-electron chi connectivity index (χ0n) is 21.5. The van der Waals surface area contributed by atoms with E-state index in [0.717, 1.165) is 5.56 Å². The van der Waals surface area contributed by atoms with Gasteiger partial charge in [-0.2, -0.15) is 0 Å². The first-order valence-corrected chi connectivity index (χ1v) is 13.2. The summed E-state index contributed by atoms with van der Waals surface area (Å²) >= 11 is 12.5. The molecule has 39 heavy (non-hydrogen) atoms. The Morgan fingerprint density at radius 3 is 2.44 bits per heavy atom. The summed E-state index contributed by atoms with van der Waals surface area (Å²) in [5, 5.41) is 34.5. The fourth-order valence-electron chi connectivity index (χ4n) is 6.64. The Hall–Kier alpha value is -3.30. The Kier molecular flexibility index (Phi) is 6.79. The van der Waals surface area contributed by atoms with Crippen molar-refractivity contribution in [2.75, 3.05) is 14.1 Å². The number of phenolic OH excluding ortho intramolecular Hbond substituents is 1. The van der Waals surface area contributed by atoms with Crippen molar-refractivity contribution in [3.63, 3.8) is 0 Å². The second kappa shape index (κ2) is 9.71. The van der Waals surface area contributed by atoms with Gasteiger partial charge in [0.2, 0.25) is 0 Å². The quantitative estimate of drug-likeness (QED) is 0.369. The first-order chi connectivity index (χ1) is 18.4. The minimum atomic E-state index is -0.875. The summed E-state index contributed by atoms with van der Waals surface area (Å²) in [4.78, 5) is 28.1. The fraction of sp³-hybridized carbons (Fsp3) is 0.310. The van der Waals surface area contributed by atoms with E-state index in [2.05, 4.69) is 6.58 Å². The van der Waals surface area contributed by atoms with Crippen LogP contribution < -0.4 is 11.5 Å². The molecule has 2 aromatic carbocycles. The molecule has 1 amide bonds. The largest absolute Gasteiger partial charge is 0.510 e. The number of nitrogens with two attached hydrogens (primary N) is 2. The van der Waals surface area contributed by atoms with Crippen molar-refractivity contribution in [1.82, 2.24) is 4.90 Å². The molecule has 0 radical (unpaired) electrons. The Labute approximate surface area is 235 Å². The third kappa shape index (κ3) is 4.05. The summed E-state index contributed by atoms with van der Waals surface area (Å²) in [5.74, 6) is -3.73. The van der Waals surface area contributed by atoms with E-state index in [1.807, 2.05) is 0 Å². The summed E-state index contributed by atoms with van der Waals surface area (Å²) in [6, 6.07) is 6.27. The van der Waals surface area contributed by atoms with Crippen molar-refractivity contribution in [2.45, 2.75) is 25.4 Å². The van der Waals surface area contributed by atoms with Gasteiger partial charge in [0.15, 0.2) is 5.78 Å². The molecule has 204 valence electrons. The van der Waals surface area contributed by atoms with Crippen LogP contribution in [0.25, 0.3) is 16.9 Å². The highest BCUT2D eigenvalue weighted by Crippen LogP contribution is 2.54. The van der Waals surface area contributed by atoms with Gasteiger partial charge in [0.05, 0.1) is 33.1 Å². The second-order valence-electron chi connectivity index (χ2n) is 10.6. The molecule has 7 N–H and O–H groups in total. The number of carbonyl (C=O) groups is 2. The van der Waals surface area contributed by atoms with Gasteiger partial charge in [0.25, 0.3) is 5.91 Å². The maximum Gasteiger partial charge on any atom is 0.252 e. The van der Waals surface area contributed by atoms with Crippen LogP contribution in [0.5, 0.6) is 5.75 Å². The number of phenols is 1. The highest BCUT2D eigenvalue weighted by Gasteiger charge is 2.53. The predicted molar refractivity (Wildman–Crippen MR) is 150 cm³/mol. The normalized spacial score (nSPS) is 24.6. The SMILES string of the molecule is C=C1C(C(N)=O)=C(O)[C@H](N(C)C)C2CC3Cc4c(-c5ccc(Cl)c(Cl)c5)cc(CN)c(O)c4C(O)=C3C(=O)C12. The number of carbonyl (C=O) groups excluding carboxylic acids is 2. The maximum absolute atomic E-state index is 14.1. The van der Waals surface area contributed by atoms with Gasteiger partial charge in [-0.05, 0) is 79.2 Å². The summed E-state index contributed by atoms with van der Waals surface area (Å²) in [6.45, 7) is 3.96. The van der Waals surface area contributed by atoms with Crippen LogP contribution in [0.2, 0.25) is 10.0 Å². The predicted octanol–water partition coefficient (Wildman–Crippen LogP) is 4.27. The Bertz CT molecular complexity index is 1530. The molecule has 5 rings (SSSR count). The van der Waals surface area contributed by atoms with Crippen LogP contribution in [-0.2, 0) is 22.6 Å². The number of aliphatic hydroxyl groups excluding tert-OH is 2. The van der Waals surface area contributed by atoms with Crippen molar-refractivity contribution in [3.8, 4) is 16.9 Å². The average Bonchev–Trinajstić information content (AvgIpc) is 2.85. The molecule has 0 bridgehead atoms. The monoisotopic (exact) mass is 569 g/mol. The average molecular weight is 570 g/mol. The van der Waals surface area contributed by atoms with Gasteiger partial charge >= 0.3 is 0 Å². The molecule has 0 aliphatic heterocycles. The zero-order chi connectivity index (χ0) is 28.5. The molecule has 0 aromatic heterocycles. The molecule has 0 heterocycles. The Morgan fingerprint density at radius 2 is 1.85 bits per heavy atom. The fourth-order valence-corrected chi connectivity index (χ4v) is 6.94. The molecule has 3 aliphatic rings. The molecular weight excluding hydrogens is 541 g/mol. The number of rotatable bonds is 4. The van der Waals surface area contributed by atoms with E-state index >= 15 is 0 Å². The Morgan fingerprint density at radius 1 is 1.15 bits per heavy atom. The standard InChI is InChI=1S/C29H29Cl2N3O5/c1-11-20-17(24(34(2)3)28(38)21(11)29(33)39)7-13-6-16-15(12-4-5-18(30)19(31)9-12)8-14(10-32)25(35)23(16)27(37)22(13)26(20)36/h4-5,8-9,13,17,20,24,35,37-38H,1,6-7,10,32H2,2-3H3,(H2,33,39)/t13?,17?,20?,24-/m1/s1. The number of benzene rings is 2. The van der Waals surface area contributed by atoms with E-state index in [-0.39, 0.29) is 46.1 Å². The van der Waals surface area contributed by atoms with Crippen LogP contribution in [0.1, 0.15) is 23.1 Å². The third-order valence-corrected chi connectivity index (χ3v) is 9.00. The number of halogens is 2. The van der Waals surface area contributed by atoms with E-state index in [9.17, 15) is 24.9 Å². The lowest BCUT2D eigenvalue weighted by molar-refractivity contribution is -0.123. The van der Waals surface area contributed by atoms with Crippen LogP contribution in [0.4, 0.5) is 0 Å². The lowest BCUT2D eigenvalue weighted by Gasteiger charge is -2.47. The number of allylic oxidation sites excluding steroid dienone is 1. The van der Waals surface area contributed by atoms with Gasteiger partial charge < -0.3 is 26.8 Å². The van der Waals surface area contributed by atoms with E-state index in [1.165, 1.54) is 0 Å². The van der Waals surface area contributed by atoms with Gasteiger partial charge in [-0.3, -0.25) is 14.5 Å². The Balaban J connectivity index is 1.73. The van der Waals surface area contributed by atoms with E-state index < -0.39 is 35.5 Å². The molecule has 1 saturated carbocycles. The summed E-state index contributed by atoms with van der Waals surface area (Å²) in [5.41, 5.74) is 14.3. The number of primary amides is 1. The number of aliphatic hydroxyl groups is 2. The molecule has 3 aliphatic carbocycles. The molecule has 0 saturated heterocycles. The molecule has 4 atom stereocenters. The van der Waals surface area contributed by atoms with Gasteiger partial charge in [0, 0.05) is 17.7 Å². The van der Waals surface area contributed by atoms with Crippen molar-refractivity contribution in [2.24, 2.45) is 29.2 Å². The highest BCUT2D eigenvalue weighted by atomic mass is 35.5. The van der Waals surface area contributed by atoms with Crippen molar-refractivity contribution < 1.29 is 24.9 Å². The van der Waals surface area contributed by atoms with Crippen molar-refractivity contribution in [1.29, 1.82) is 0 Å². The molecule has 0 spiro atoms. The smallest absolute Gasteiger partial charge is 0.252 e. The van der Waals surface area contributed by atoms with Crippen LogP contribution in [0, 0.1) is 17.8 Å². The molecule has 8 nitrogen and oxygen atoms in total. The lowest BCUT2D eigenvalue weighted by atomic mass is 9.58. The van der Waals surface area contributed by atoms with Gasteiger partial charge in [-0.15, -0.1) is 0 Å². The van der Waals surface area contributed by atoms with E-state index in [4.69, 9.17) is 34.7 Å². The number of aromatic hydroxyl groups is 1. The first kappa shape index (κ1) is 27.3. The molecule has 1 fully saturated rings. The highest BCUT2D eigenvalue weighted by molar-refractivity contribution is 6.42. The molecular formula is C29H29Cl2N3O5. The van der Waals surface area contributed by atoms with Crippen LogP contribution in [0.3, 0.4) is 0 Å². The van der Waals surface area contributed by atoms with Gasteiger partial charge in [-0.1, -0.05) is 35.8 Å². The second-order valence-corrected chi connectivity index (χ2v) is 11.4. The zero-order valence-corrected chi connectivity index (χ0v) is 23.0. The van der Waals surface area contributed by atoms with Crippen molar-refractivity contribution >= 4 is 40.7 Å². The topological polar surface area (TPSA) is 150 Å². The van der Waals surface area contributed by atoms with Gasteiger partial charge in [-0.25, -0.2) is 0 Å². The minimum Gasteiger partial charge on any atom is -0.510 e. The third-order valence-electron chi connectivity index (χ3n) is 8.26. The number of hydrogen-bond acceptors (Lipinski definition) is 7. The molecule has 3 unspecified atom stereocenters. The summed E-state index contributed by atoms with van der Waals surface area (Å²) in [6.07, 6.45) is 0.741. The van der Waals surface area contributed by atoms with E-state index in [0.29, 0.717) is 39.6 Å². The number of nitrogens with zero attached hydrogens (tertiary/aromatic N) is 1. The van der Waals surface area contributed by atoms with Crippen LogP contribution in [0.15, 0.2) is 53.3 Å². The number of amides is 1. The number of ketones is 1. The van der Waals surface area contributed by atoms with Gasteiger partial charge in [0.1, 0.15) is 17.3 Å². The first-order valence-electron chi connectivity index (χ1n) is 12.5. The maximum atomic E-state index is 14.1. The number of fused-ring (bicyclic) bond motifs is 3. The number of likely N-dealkylation sites (N-methyl/N-ethyl adjacent to an activating group) is 1. The number of hydrogen-bond donors (Lipinski definition) is 5. The summed E-state index contributed by atoms with van der Waals surface area (Å²) < 4.78 is 0. The van der Waals surface area contributed by atoms with Crippen LogP contribution in [-0.4, -0.2) is 52.0 Å². The lowest BCUT2D eigenvalue weighted by Crippen LogP contribution is -2.52. The van der Waals surface area contributed by atoms with Crippen molar-refractivity contribution in [3.05, 3.63) is 80.1 Å². The molecule has 2 aromatic rings. The summed E-state index contributed by atoms with van der Waals surface area (Å²) in [7, 11) is 3.51. The molecule has 10 heteroatoms. The minimum absolute atomic E-state index is 0.00845. The number of Topliss-reactive ketones (excluding diaryl/α,β-unsaturated/α-hetero) is 1. The van der Waals surface area contributed by atoms with Crippen LogP contribution >= 0.6 is 23.2 Å². The van der Waals surface area contributed by atoms with E-state index in [1.54, 1.807) is 43.3 Å².